The fraction of sp³-hybridized carbons (Fsp3) is 0. The molecule has 1 aromatic rings. The van der Waals surface area contributed by atoms with Crippen molar-refractivity contribution in [2.24, 2.45) is 0 Å². The molecule has 94 valence electrons. The van der Waals surface area contributed by atoms with Crippen LogP contribution in [0.3, 0.4) is 0 Å². The first kappa shape index (κ1) is 12.2. The van der Waals surface area contributed by atoms with E-state index in [4.69, 9.17) is 11.6 Å². The highest BCUT2D eigenvalue weighted by molar-refractivity contribution is 8.04. The maximum Gasteiger partial charge on any atom is 0.268 e. The lowest BCUT2D eigenvalue weighted by molar-refractivity contribution is -0.120. The summed E-state index contributed by atoms with van der Waals surface area (Å²) < 4.78 is 0. The van der Waals surface area contributed by atoms with Crippen LogP contribution < -0.4 is 4.90 Å². The average molecular weight is 292 g/mol. The average Bonchev–Trinajstić information content (AvgIpc) is 2.79. The monoisotopic (exact) mass is 291 g/mol. The normalized spacial score (nSPS) is 19.8. The number of fused-ring (bicyclic) bond motifs is 3. The second-order valence-electron chi connectivity index (χ2n) is 3.90. The van der Waals surface area contributed by atoms with Crippen molar-refractivity contribution in [1.29, 1.82) is 0 Å². The van der Waals surface area contributed by atoms with Gasteiger partial charge >= 0.3 is 0 Å². The molecule has 4 nitrogen and oxygen atoms in total. The zero-order valence-corrected chi connectivity index (χ0v) is 11.0. The van der Waals surface area contributed by atoms with Crippen LogP contribution in [0.25, 0.3) is 0 Å². The van der Waals surface area contributed by atoms with Gasteiger partial charge in [0.1, 0.15) is 5.03 Å². The van der Waals surface area contributed by atoms with Gasteiger partial charge in [-0.3, -0.25) is 19.3 Å². The van der Waals surface area contributed by atoms with Gasteiger partial charge in [-0.05, 0) is 12.1 Å². The predicted molar refractivity (Wildman–Crippen MR) is 71.8 cm³/mol. The van der Waals surface area contributed by atoms with Gasteiger partial charge in [-0.25, -0.2) is 0 Å². The van der Waals surface area contributed by atoms with Crippen molar-refractivity contribution in [1.82, 2.24) is 0 Å². The molecule has 0 bridgehead atoms. The molecule has 0 N–H and O–H groups in total. The Kier molecular flexibility index (Phi) is 2.80. The summed E-state index contributed by atoms with van der Waals surface area (Å²) in [6, 6.07) is 7.21. The number of carbonyl (C=O) groups excluding carboxylic acids is 3. The Morgan fingerprint density at radius 2 is 1.95 bits per heavy atom. The quantitative estimate of drug-likeness (QED) is 0.452. The first-order valence-corrected chi connectivity index (χ1v) is 6.60. The van der Waals surface area contributed by atoms with E-state index in [1.54, 1.807) is 12.1 Å². The van der Waals surface area contributed by atoms with Crippen LogP contribution >= 0.6 is 23.4 Å². The van der Waals surface area contributed by atoms with Gasteiger partial charge in [-0.15, -0.1) is 0 Å². The number of thioether (sulfide) groups is 1. The highest BCUT2D eigenvalue weighted by atomic mass is 35.5. The van der Waals surface area contributed by atoms with Crippen molar-refractivity contribution in [2.75, 3.05) is 4.90 Å². The number of Topliss-reactive ketones (excluding diaryl/α,β-unsaturated/α-hetero) is 1. The van der Waals surface area contributed by atoms with Gasteiger partial charge in [0, 0.05) is 10.4 Å². The largest absolute Gasteiger partial charge is 0.298 e. The van der Waals surface area contributed by atoms with Crippen LogP contribution in [-0.2, 0) is 14.4 Å². The number of anilines is 1. The van der Waals surface area contributed by atoms with Crippen LogP contribution in [0.2, 0.25) is 0 Å². The zero-order chi connectivity index (χ0) is 13.6. The Labute approximate surface area is 117 Å². The fourth-order valence-electron chi connectivity index (χ4n) is 2.02. The van der Waals surface area contributed by atoms with Crippen molar-refractivity contribution >= 4 is 47.0 Å². The smallest absolute Gasteiger partial charge is 0.268 e. The van der Waals surface area contributed by atoms with Gasteiger partial charge in [-0.2, -0.15) is 0 Å². The third-order valence-corrected chi connectivity index (χ3v) is 4.28. The minimum absolute atomic E-state index is 0.0345. The molecule has 0 radical (unpaired) electrons. The molecule has 0 aliphatic carbocycles. The first-order chi connectivity index (χ1) is 9.19. The summed E-state index contributed by atoms with van der Waals surface area (Å²) in [6.45, 7) is 0. The maximum atomic E-state index is 12.3. The molecule has 6 heteroatoms. The van der Waals surface area contributed by atoms with Crippen molar-refractivity contribution in [3.63, 3.8) is 0 Å². The minimum atomic E-state index is -0.624. The van der Waals surface area contributed by atoms with E-state index in [1.807, 2.05) is 12.1 Å². The molecule has 1 aromatic carbocycles. The lowest BCUT2D eigenvalue weighted by Gasteiger charge is -2.24. The molecule has 0 spiro atoms. The molecule has 2 aliphatic rings. The van der Waals surface area contributed by atoms with Crippen LogP contribution in [0.4, 0.5) is 5.69 Å². The second-order valence-corrected chi connectivity index (χ2v) is 5.15. The Bertz CT molecular complexity index is 693. The summed E-state index contributed by atoms with van der Waals surface area (Å²) in [5.41, 5.74) is 1.36. The minimum Gasteiger partial charge on any atom is -0.298 e. The Hall–Kier alpha value is -1.85. The van der Waals surface area contributed by atoms with E-state index in [9.17, 15) is 14.4 Å². The van der Waals surface area contributed by atoms with E-state index in [0.717, 1.165) is 10.4 Å². The molecule has 0 saturated carbocycles. The Morgan fingerprint density at radius 3 is 2.63 bits per heavy atom. The third kappa shape index (κ3) is 1.59. The van der Waals surface area contributed by atoms with Gasteiger partial charge in [-0.1, -0.05) is 35.5 Å². The molecule has 2 heterocycles. The van der Waals surface area contributed by atoms with Crippen molar-refractivity contribution in [2.45, 2.75) is 4.90 Å². The van der Waals surface area contributed by atoms with Gasteiger partial charge in [0.2, 0.25) is 5.78 Å². The molecule has 0 atom stereocenters. The molecular weight excluding hydrogens is 286 g/mol. The highest BCUT2D eigenvalue weighted by Crippen LogP contribution is 2.49. The van der Waals surface area contributed by atoms with Crippen molar-refractivity contribution in [3.8, 4) is 0 Å². The standard InChI is InChI=1S/C13H6ClNO3S/c14-5-7-11(17)8(6-16)13-15(12(7)18)9-3-1-2-4-10(9)19-13/h1-6H/b7-5+. The number of benzene rings is 1. The second kappa shape index (κ2) is 4.36. The van der Waals surface area contributed by atoms with Gasteiger partial charge in [0.05, 0.1) is 16.8 Å². The summed E-state index contributed by atoms with van der Waals surface area (Å²) in [5.74, 6) is -1.13. The number of nitrogens with zero attached hydrogens (tertiary/aromatic N) is 1. The molecule has 0 unspecified atom stereocenters. The SMILES string of the molecule is O=CC1=C2Sc3ccccc3N2C(=O)/C(=C/Cl)C1=O. The van der Waals surface area contributed by atoms with E-state index < -0.39 is 11.7 Å². The molecule has 0 fully saturated rings. The number of halogens is 1. The van der Waals surface area contributed by atoms with E-state index >= 15 is 0 Å². The van der Waals surface area contributed by atoms with Crippen molar-refractivity contribution < 1.29 is 14.4 Å². The number of para-hydroxylation sites is 1. The molecule has 0 aromatic heterocycles. The number of rotatable bonds is 1. The fourth-order valence-corrected chi connectivity index (χ4v) is 3.36. The third-order valence-electron chi connectivity index (χ3n) is 2.90. The highest BCUT2D eigenvalue weighted by Gasteiger charge is 2.42. The summed E-state index contributed by atoms with van der Waals surface area (Å²) in [4.78, 5) is 37.6. The van der Waals surface area contributed by atoms with Crippen LogP contribution in [-0.4, -0.2) is 18.0 Å². The lowest BCUT2D eigenvalue weighted by atomic mass is 10.0. The molecule has 19 heavy (non-hydrogen) atoms. The van der Waals surface area contributed by atoms with E-state index in [2.05, 4.69) is 0 Å². The van der Waals surface area contributed by atoms with Crippen LogP contribution in [0.5, 0.6) is 0 Å². The van der Waals surface area contributed by atoms with Crippen LogP contribution in [0, 0.1) is 0 Å². The summed E-state index contributed by atoms with van der Waals surface area (Å²) in [6.07, 6.45) is 0.469. The van der Waals surface area contributed by atoms with E-state index in [-0.39, 0.29) is 11.1 Å². The Morgan fingerprint density at radius 1 is 1.21 bits per heavy atom. The number of hydrogen-bond donors (Lipinski definition) is 0. The van der Waals surface area contributed by atoms with E-state index in [1.165, 1.54) is 16.7 Å². The molecular formula is C13H6ClNO3S. The van der Waals surface area contributed by atoms with Gasteiger partial charge in [0.25, 0.3) is 5.91 Å². The topological polar surface area (TPSA) is 54.5 Å². The number of carbonyl (C=O) groups is 3. The van der Waals surface area contributed by atoms with Crippen LogP contribution in [0.15, 0.2) is 50.9 Å². The van der Waals surface area contributed by atoms with Crippen LogP contribution in [0.1, 0.15) is 0 Å². The number of allylic oxidation sites excluding steroid dienone is 1. The molecule has 1 amide bonds. The summed E-state index contributed by atoms with van der Waals surface area (Å²) in [7, 11) is 0. The molecule has 2 aliphatic heterocycles. The van der Waals surface area contributed by atoms with Crippen molar-refractivity contribution in [3.05, 3.63) is 46.0 Å². The zero-order valence-electron chi connectivity index (χ0n) is 9.42. The summed E-state index contributed by atoms with van der Waals surface area (Å²) >= 11 is 6.77. The number of amides is 1. The number of ketones is 1. The molecule has 3 rings (SSSR count). The Balaban J connectivity index is 2.29. The number of aldehydes is 1. The van der Waals surface area contributed by atoms with E-state index in [0.29, 0.717) is 17.0 Å². The maximum absolute atomic E-state index is 12.3. The molecule has 0 saturated heterocycles. The van der Waals surface area contributed by atoms with Gasteiger partial charge in [0.15, 0.2) is 6.29 Å². The first-order valence-electron chi connectivity index (χ1n) is 5.35. The predicted octanol–water partition coefficient (Wildman–Crippen LogP) is 2.24. The number of hydrogen-bond acceptors (Lipinski definition) is 4. The summed E-state index contributed by atoms with van der Waals surface area (Å²) in [5, 5.41) is 0.355. The lowest BCUT2D eigenvalue weighted by Crippen LogP contribution is -2.37. The van der Waals surface area contributed by atoms with Gasteiger partial charge < -0.3 is 0 Å².